The number of likely N-dealkylation sites (tertiary alicyclic amines) is 1. The second kappa shape index (κ2) is 8.48. The zero-order valence-electron chi connectivity index (χ0n) is 13.9. The lowest BCUT2D eigenvalue weighted by atomic mass is 9.96. The van der Waals surface area contributed by atoms with Crippen molar-refractivity contribution in [2.75, 3.05) is 25.0 Å². The van der Waals surface area contributed by atoms with E-state index in [1.807, 2.05) is 30.5 Å². The summed E-state index contributed by atoms with van der Waals surface area (Å²) in [5.41, 5.74) is 1.13. The summed E-state index contributed by atoms with van der Waals surface area (Å²) in [7, 11) is 0. The Morgan fingerprint density at radius 2 is 2.24 bits per heavy atom. The second-order valence-electron chi connectivity index (χ2n) is 6.18. The topological polar surface area (TPSA) is 45.2 Å². The molecule has 0 spiro atoms. The number of thiazole rings is 1. The number of piperidine rings is 1. The van der Waals surface area contributed by atoms with Gasteiger partial charge in [0.2, 0.25) is 5.91 Å². The average Bonchev–Trinajstić information content (AvgIpc) is 3.02. The molecule has 1 amide bonds. The molecule has 0 aliphatic carbocycles. The first-order valence-corrected chi connectivity index (χ1v) is 9.49. The number of anilines is 1. The second-order valence-corrected chi connectivity index (χ2v) is 7.73. The molecule has 1 aliphatic heterocycles. The van der Waals surface area contributed by atoms with Crippen molar-refractivity contribution in [2.45, 2.75) is 19.3 Å². The first-order chi connectivity index (χ1) is 12.1. The van der Waals surface area contributed by atoms with Crippen LogP contribution in [-0.4, -0.2) is 35.4 Å². The summed E-state index contributed by atoms with van der Waals surface area (Å²) in [6, 6.07) is 7.78. The van der Waals surface area contributed by atoms with Crippen molar-refractivity contribution in [3.63, 3.8) is 0 Å². The van der Waals surface area contributed by atoms with Gasteiger partial charge in [0.05, 0.1) is 6.54 Å². The lowest BCUT2D eigenvalue weighted by molar-refractivity contribution is -0.121. The van der Waals surface area contributed by atoms with Crippen molar-refractivity contribution in [1.29, 1.82) is 0 Å². The summed E-state index contributed by atoms with van der Waals surface area (Å²) < 4.78 is 0. The highest BCUT2D eigenvalue weighted by Crippen LogP contribution is 2.24. The third kappa shape index (κ3) is 5.05. The van der Waals surface area contributed by atoms with Gasteiger partial charge >= 0.3 is 0 Å². The monoisotopic (exact) mass is 373 g/mol. The number of hydrogen-bond acceptors (Lipinski definition) is 4. The van der Waals surface area contributed by atoms with Crippen LogP contribution in [-0.2, 0) is 11.2 Å². The molecular weight excluding hydrogens is 354 g/mol. The van der Waals surface area contributed by atoms with Gasteiger partial charge in [-0.25, -0.2) is 4.98 Å². The Labute approximate surface area is 157 Å². The van der Waals surface area contributed by atoms with Gasteiger partial charge in [-0.3, -0.25) is 9.69 Å². The molecule has 3 rings (SSSR count). The third-order valence-electron chi connectivity index (χ3n) is 4.32. The van der Waals surface area contributed by atoms with Gasteiger partial charge in [0, 0.05) is 28.4 Å². The van der Waals surface area contributed by atoms with Crippen LogP contribution in [0.1, 0.15) is 23.3 Å². The Bertz CT molecular complexity index is 775. The fraction of sp³-hybridized carbons (Fsp3) is 0.368. The minimum Gasteiger partial charge on any atom is -0.302 e. The molecular formula is C19H20ClN3OS. The number of amides is 1. The number of nitrogens with zero attached hydrogens (tertiary/aromatic N) is 2. The lowest BCUT2D eigenvalue weighted by Gasteiger charge is -2.29. The molecule has 1 N–H and O–H groups in total. The predicted octanol–water partition coefficient (Wildman–Crippen LogP) is 3.67. The molecule has 25 heavy (non-hydrogen) atoms. The molecule has 2 heterocycles. The van der Waals surface area contributed by atoms with E-state index in [0.29, 0.717) is 11.7 Å². The lowest BCUT2D eigenvalue weighted by Crippen LogP contribution is -2.38. The molecule has 4 nitrogen and oxygen atoms in total. The normalized spacial score (nSPS) is 15.7. The molecule has 0 unspecified atom stereocenters. The van der Waals surface area contributed by atoms with Crippen LogP contribution in [0.2, 0.25) is 5.02 Å². The summed E-state index contributed by atoms with van der Waals surface area (Å²) in [6.07, 6.45) is 9.60. The van der Waals surface area contributed by atoms with Crippen LogP contribution in [0.5, 0.6) is 0 Å². The molecule has 1 saturated heterocycles. The van der Waals surface area contributed by atoms with E-state index in [0.717, 1.165) is 47.8 Å². The third-order valence-corrected chi connectivity index (χ3v) is 5.47. The number of aromatic nitrogens is 1. The van der Waals surface area contributed by atoms with E-state index < -0.39 is 0 Å². The number of rotatable bonds is 5. The summed E-state index contributed by atoms with van der Waals surface area (Å²) in [4.78, 5) is 20.1. The van der Waals surface area contributed by atoms with Crippen LogP contribution in [0.25, 0.3) is 0 Å². The molecule has 1 aromatic carbocycles. The molecule has 0 bridgehead atoms. The average molecular weight is 374 g/mol. The van der Waals surface area contributed by atoms with Gasteiger partial charge in [-0.05, 0) is 43.6 Å². The van der Waals surface area contributed by atoms with E-state index in [4.69, 9.17) is 18.0 Å². The van der Waals surface area contributed by atoms with E-state index in [2.05, 4.69) is 21.1 Å². The van der Waals surface area contributed by atoms with Gasteiger partial charge in [-0.2, -0.15) is 0 Å². The SMILES string of the molecule is C#CCN1CCC(C(=O)Nc2ncc(Cc3cccc(Cl)c3)s2)CC1. The highest BCUT2D eigenvalue weighted by Gasteiger charge is 2.25. The number of terminal acetylenes is 1. The Balaban J connectivity index is 1.53. The van der Waals surface area contributed by atoms with Gasteiger partial charge < -0.3 is 5.32 Å². The smallest absolute Gasteiger partial charge is 0.229 e. The fourth-order valence-electron chi connectivity index (χ4n) is 2.98. The Kier molecular flexibility index (Phi) is 6.09. The van der Waals surface area contributed by atoms with Crippen molar-refractivity contribution in [3.05, 3.63) is 45.9 Å². The Hall–Kier alpha value is -1.87. The minimum atomic E-state index is 0.0364. The fourth-order valence-corrected chi connectivity index (χ4v) is 4.05. The first kappa shape index (κ1) is 17.9. The van der Waals surface area contributed by atoms with E-state index in [-0.39, 0.29) is 11.8 Å². The van der Waals surface area contributed by atoms with E-state index in [1.54, 1.807) is 0 Å². The zero-order valence-corrected chi connectivity index (χ0v) is 15.4. The number of benzene rings is 1. The highest BCUT2D eigenvalue weighted by molar-refractivity contribution is 7.15. The number of carbonyl (C=O) groups excluding carboxylic acids is 1. The molecule has 0 radical (unpaired) electrons. The van der Waals surface area contributed by atoms with Gasteiger partial charge in [0.15, 0.2) is 5.13 Å². The quantitative estimate of drug-likeness (QED) is 0.813. The molecule has 6 heteroatoms. The minimum absolute atomic E-state index is 0.0364. The van der Waals surface area contributed by atoms with Crippen LogP contribution >= 0.6 is 22.9 Å². The van der Waals surface area contributed by atoms with Crippen molar-refractivity contribution in [3.8, 4) is 12.3 Å². The van der Waals surface area contributed by atoms with Crippen LogP contribution in [0.15, 0.2) is 30.5 Å². The van der Waals surface area contributed by atoms with Crippen LogP contribution in [0.4, 0.5) is 5.13 Å². The number of nitrogens with one attached hydrogen (secondary N) is 1. The molecule has 1 fully saturated rings. The molecule has 2 aromatic rings. The summed E-state index contributed by atoms with van der Waals surface area (Å²) >= 11 is 7.53. The molecule has 0 saturated carbocycles. The van der Waals surface area contributed by atoms with E-state index in [1.165, 1.54) is 11.3 Å². The largest absolute Gasteiger partial charge is 0.302 e. The summed E-state index contributed by atoms with van der Waals surface area (Å²) in [5.74, 6) is 2.75. The van der Waals surface area contributed by atoms with Crippen molar-refractivity contribution in [2.24, 2.45) is 5.92 Å². The van der Waals surface area contributed by atoms with Gasteiger partial charge in [-0.1, -0.05) is 29.7 Å². The maximum atomic E-state index is 12.4. The van der Waals surface area contributed by atoms with E-state index in [9.17, 15) is 4.79 Å². The Morgan fingerprint density at radius 1 is 1.44 bits per heavy atom. The van der Waals surface area contributed by atoms with Crippen molar-refractivity contribution < 1.29 is 4.79 Å². The standard InChI is InChI=1S/C19H20ClN3OS/c1-2-8-23-9-6-15(7-10-23)18(24)22-19-21-13-17(25-19)12-14-4-3-5-16(20)11-14/h1,3-5,11,13,15H,6-10,12H2,(H,21,22,24). The summed E-state index contributed by atoms with van der Waals surface area (Å²) in [5, 5.41) is 4.35. The number of halogens is 1. The number of carbonyl (C=O) groups is 1. The highest BCUT2D eigenvalue weighted by atomic mass is 35.5. The van der Waals surface area contributed by atoms with Crippen LogP contribution in [0, 0.1) is 18.3 Å². The van der Waals surface area contributed by atoms with Crippen molar-refractivity contribution in [1.82, 2.24) is 9.88 Å². The van der Waals surface area contributed by atoms with Crippen LogP contribution in [0.3, 0.4) is 0 Å². The summed E-state index contributed by atoms with van der Waals surface area (Å²) in [6.45, 7) is 2.41. The van der Waals surface area contributed by atoms with Crippen LogP contribution < -0.4 is 5.32 Å². The first-order valence-electron chi connectivity index (χ1n) is 8.30. The maximum absolute atomic E-state index is 12.4. The predicted molar refractivity (Wildman–Crippen MR) is 103 cm³/mol. The molecule has 1 aliphatic rings. The van der Waals surface area contributed by atoms with E-state index >= 15 is 0 Å². The van der Waals surface area contributed by atoms with Crippen molar-refractivity contribution >= 4 is 34.0 Å². The number of hydrogen-bond donors (Lipinski definition) is 1. The van der Waals surface area contributed by atoms with Gasteiger partial charge in [0.25, 0.3) is 0 Å². The van der Waals surface area contributed by atoms with Gasteiger partial charge in [-0.15, -0.1) is 17.8 Å². The molecule has 1 aromatic heterocycles. The Morgan fingerprint density at radius 3 is 2.96 bits per heavy atom. The zero-order chi connectivity index (χ0) is 17.6. The maximum Gasteiger partial charge on any atom is 0.229 e. The molecule has 130 valence electrons. The molecule has 0 atom stereocenters. The van der Waals surface area contributed by atoms with Gasteiger partial charge in [0.1, 0.15) is 0 Å².